The first-order chi connectivity index (χ1) is 8.72. The van der Waals surface area contributed by atoms with Gasteiger partial charge in [0.25, 0.3) is 0 Å². The number of fused-ring (bicyclic) bond motifs is 2. The highest BCUT2D eigenvalue weighted by molar-refractivity contribution is 4.91. The van der Waals surface area contributed by atoms with Gasteiger partial charge in [-0.15, -0.1) is 0 Å². The molecule has 2 rings (SSSR count). The molecule has 2 fully saturated rings. The van der Waals surface area contributed by atoms with Crippen LogP contribution in [0.25, 0.3) is 0 Å². The van der Waals surface area contributed by atoms with Crippen LogP contribution in [-0.4, -0.2) is 49.3 Å². The number of aliphatic hydroxyl groups is 1. The zero-order valence-electron chi connectivity index (χ0n) is 12.1. The molecule has 2 N–H and O–H groups in total. The van der Waals surface area contributed by atoms with Gasteiger partial charge in [0, 0.05) is 25.7 Å². The standard InChI is InChI=1S/C15H30N2O/c1-3-16-15(6-7-18)11-17(2)10-14-9-12-4-5-13(14)8-12/h12-16,18H,3-11H2,1-2H3. The van der Waals surface area contributed by atoms with Crippen molar-refractivity contribution in [2.45, 2.75) is 45.1 Å². The summed E-state index contributed by atoms with van der Waals surface area (Å²) in [5.74, 6) is 3.02. The fraction of sp³-hybridized carbons (Fsp3) is 1.00. The second-order valence-electron chi connectivity index (χ2n) is 6.42. The first kappa shape index (κ1) is 14.3. The molecule has 4 unspecified atom stereocenters. The van der Waals surface area contributed by atoms with E-state index in [0.717, 1.165) is 37.3 Å². The van der Waals surface area contributed by atoms with Crippen LogP contribution >= 0.6 is 0 Å². The molecule has 0 heterocycles. The normalized spacial score (nSPS) is 32.3. The molecule has 18 heavy (non-hydrogen) atoms. The molecule has 3 heteroatoms. The summed E-state index contributed by atoms with van der Waals surface area (Å²) in [6.07, 6.45) is 6.83. The van der Waals surface area contributed by atoms with Crippen LogP contribution in [0.3, 0.4) is 0 Å². The van der Waals surface area contributed by atoms with E-state index in [-0.39, 0.29) is 0 Å². The maximum Gasteiger partial charge on any atom is 0.0446 e. The third-order valence-electron chi connectivity index (χ3n) is 4.93. The van der Waals surface area contributed by atoms with E-state index in [1.807, 2.05) is 0 Å². The lowest BCUT2D eigenvalue weighted by Crippen LogP contribution is -2.42. The van der Waals surface area contributed by atoms with Crippen LogP contribution in [0.1, 0.15) is 39.0 Å². The van der Waals surface area contributed by atoms with Gasteiger partial charge in [-0.3, -0.25) is 0 Å². The van der Waals surface area contributed by atoms with Crippen molar-refractivity contribution in [3.63, 3.8) is 0 Å². The Hall–Kier alpha value is -0.120. The Labute approximate surface area is 112 Å². The van der Waals surface area contributed by atoms with Crippen molar-refractivity contribution < 1.29 is 5.11 Å². The van der Waals surface area contributed by atoms with E-state index in [2.05, 4.69) is 24.2 Å². The second-order valence-corrected chi connectivity index (χ2v) is 6.42. The van der Waals surface area contributed by atoms with Crippen LogP contribution in [0, 0.1) is 17.8 Å². The Bertz CT molecular complexity index is 241. The van der Waals surface area contributed by atoms with E-state index in [1.165, 1.54) is 32.2 Å². The van der Waals surface area contributed by atoms with Gasteiger partial charge in [0.05, 0.1) is 0 Å². The molecular weight excluding hydrogens is 224 g/mol. The summed E-state index contributed by atoms with van der Waals surface area (Å²) in [5.41, 5.74) is 0. The molecule has 0 aromatic heterocycles. The number of nitrogens with zero attached hydrogens (tertiary/aromatic N) is 1. The van der Waals surface area contributed by atoms with Gasteiger partial charge in [-0.25, -0.2) is 0 Å². The molecular formula is C15H30N2O. The maximum absolute atomic E-state index is 9.09. The highest BCUT2D eigenvalue weighted by Crippen LogP contribution is 2.48. The molecule has 0 aromatic rings. The van der Waals surface area contributed by atoms with Gasteiger partial charge < -0.3 is 15.3 Å². The summed E-state index contributed by atoms with van der Waals surface area (Å²) < 4.78 is 0. The van der Waals surface area contributed by atoms with E-state index < -0.39 is 0 Å². The number of hydrogen-bond donors (Lipinski definition) is 2. The molecule has 0 radical (unpaired) electrons. The molecule has 4 atom stereocenters. The first-order valence-corrected chi connectivity index (χ1v) is 7.75. The molecule has 0 spiro atoms. The van der Waals surface area contributed by atoms with E-state index in [1.54, 1.807) is 0 Å². The van der Waals surface area contributed by atoms with Crippen molar-refractivity contribution in [3.05, 3.63) is 0 Å². The van der Waals surface area contributed by atoms with Crippen molar-refractivity contribution >= 4 is 0 Å². The summed E-state index contributed by atoms with van der Waals surface area (Å²) >= 11 is 0. The number of rotatable bonds is 8. The molecule has 2 saturated carbocycles. The zero-order valence-corrected chi connectivity index (χ0v) is 12.1. The minimum Gasteiger partial charge on any atom is -0.396 e. The molecule has 2 aliphatic rings. The lowest BCUT2D eigenvalue weighted by Gasteiger charge is -2.30. The molecule has 0 saturated heterocycles. The molecule has 106 valence electrons. The Kier molecular flexibility index (Phi) is 5.46. The van der Waals surface area contributed by atoms with Gasteiger partial charge in [0.2, 0.25) is 0 Å². The predicted molar refractivity (Wildman–Crippen MR) is 75.6 cm³/mol. The Morgan fingerprint density at radius 3 is 2.72 bits per heavy atom. The predicted octanol–water partition coefficient (Wildman–Crippen LogP) is 1.71. The number of nitrogens with one attached hydrogen (secondary N) is 1. The summed E-state index contributed by atoms with van der Waals surface area (Å²) in [7, 11) is 2.24. The minimum absolute atomic E-state index is 0.291. The topological polar surface area (TPSA) is 35.5 Å². The minimum atomic E-state index is 0.291. The van der Waals surface area contributed by atoms with Crippen LogP contribution in [-0.2, 0) is 0 Å². The summed E-state index contributed by atoms with van der Waals surface area (Å²) in [6.45, 7) is 5.75. The lowest BCUT2D eigenvalue weighted by molar-refractivity contribution is 0.189. The van der Waals surface area contributed by atoms with Gasteiger partial charge in [-0.2, -0.15) is 0 Å². The fourth-order valence-corrected chi connectivity index (χ4v) is 4.15. The first-order valence-electron chi connectivity index (χ1n) is 7.75. The van der Waals surface area contributed by atoms with Gasteiger partial charge in [0.1, 0.15) is 0 Å². The van der Waals surface area contributed by atoms with Crippen LogP contribution in [0.4, 0.5) is 0 Å². The monoisotopic (exact) mass is 254 g/mol. The second kappa shape index (κ2) is 6.88. The van der Waals surface area contributed by atoms with Gasteiger partial charge in [-0.05, 0) is 57.0 Å². The third-order valence-corrected chi connectivity index (χ3v) is 4.93. The van der Waals surface area contributed by atoms with Crippen LogP contribution in [0.15, 0.2) is 0 Å². The van der Waals surface area contributed by atoms with E-state index in [0.29, 0.717) is 12.6 Å². The van der Waals surface area contributed by atoms with Crippen molar-refractivity contribution in [2.24, 2.45) is 17.8 Å². The third kappa shape index (κ3) is 3.69. The van der Waals surface area contributed by atoms with Crippen molar-refractivity contribution in [1.29, 1.82) is 0 Å². The molecule has 2 bridgehead atoms. The number of aliphatic hydroxyl groups excluding tert-OH is 1. The van der Waals surface area contributed by atoms with Crippen LogP contribution in [0.5, 0.6) is 0 Å². The molecule has 3 nitrogen and oxygen atoms in total. The highest BCUT2D eigenvalue weighted by Gasteiger charge is 2.39. The smallest absolute Gasteiger partial charge is 0.0446 e. The van der Waals surface area contributed by atoms with E-state index >= 15 is 0 Å². The summed E-state index contributed by atoms with van der Waals surface area (Å²) in [6, 6.07) is 0.448. The van der Waals surface area contributed by atoms with Crippen LogP contribution in [0.2, 0.25) is 0 Å². The largest absolute Gasteiger partial charge is 0.396 e. The Balaban J connectivity index is 1.71. The molecule has 0 aliphatic heterocycles. The van der Waals surface area contributed by atoms with Crippen molar-refractivity contribution in [3.8, 4) is 0 Å². The number of likely N-dealkylation sites (N-methyl/N-ethyl adjacent to an activating group) is 2. The zero-order chi connectivity index (χ0) is 13.0. The molecule has 2 aliphatic carbocycles. The van der Waals surface area contributed by atoms with Gasteiger partial charge >= 0.3 is 0 Å². The molecule has 0 amide bonds. The number of hydrogen-bond acceptors (Lipinski definition) is 3. The SMILES string of the molecule is CCNC(CCO)CN(C)CC1CC2CCC1C2. The lowest BCUT2D eigenvalue weighted by atomic mass is 9.88. The van der Waals surface area contributed by atoms with E-state index in [9.17, 15) is 0 Å². The van der Waals surface area contributed by atoms with Gasteiger partial charge in [0.15, 0.2) is 0 Å². The Morgan fingerprint density at radius 1 is 1.33 bits per heavy atom. The quantitative estimate of drug-likeness (QED) is 0.692. The van der Waals surface area contributed by atoms with Gasteiger partial charge in [-0.1, -0.05) is 13.3 Å². The van der Waals surface area contributed by atoms with Crippen molar-refractivity contribution in [2.75, 3.05) is 33.3 Å². The fourth-order valence-electron chi connectivity index (χ4n) is 4.15. The highest BCUT2D eigenvalue weighted by atomic mass is 16.3. The van der Waals surface area contributed by atoms with Crippen LogP contribution < -0.4 is 5.32 Å². The summed E-state index contributed by atoms with van der Waals surface area (Å²) in [4.78, 5) is 2.48. The van der Waals surface area contributed by atoms with Crippen molar-refractivity contribution in [1.82, 2.24) is 10.2 Å². The molecule has 0 aromatic carbocycles. The maximum atomic E-state index is 9.09. The van der Waals surface area contributed by atoms with E-state index in [4.69, 9.17) is 5.11 Å². The average molecular weight is 254 g/mol. The Morgan fingerprint density at radius 2 is 2.17 bits per heavy atom. The summed E-state index contributed by atoms with van der Waals surface area (Å²) in [5, 5.41) is 12.6. The average Bonchev–Trinajstić information content (AvgIpc) is 2.91.